The van der Waals surface area contributed by atoms with E-state index in [1.165, 1.54) is 18.9 Å². The zero-order valence-electron chi connectivity index (χ0n) is 9.81. The Morgan fingerprint density at radius 1 is 1.47 bits per heavy atom. The molecule has 1 atom stereocenters. The lowest BCUT2D eigenvalue weighted by molar-refractivity contribution is 0.364. The van der Waals surface area contributed by atoms with Crippen molar-refractivity contribution in [1.82, 2.24) is 5.32 Å². The molecule has 1 heterocycles. The van der Waals surface area contributed by atoms with Gasteiger partial charge in [-0.2, -0.15) is 0 Å². The Labute approximate surface area is 107 Å². The summed E-state index contributed by atoms with van der Waals surface area (Å²) in [4.78, 5) is 0. The van der Waals surface area contributed by atoms with Crippen molar-refractivity contribution < 1.29 is 4.39 Å². The predicted octanol–water partition coefficient (Wildman–Crippen LogP) is 3.28. The van der Waals surface area contributed by atoms with E-state index < -0.39 is 0 Å². The molecular formula is C13H18ClFN2. The molecule has 0 aliphatic carbocycles. The van der Waals surface area contributed by atoms with Crippen molar-refractivity contribution in [2.75, 3.05) is 25.0 Å². The van der Waals surface area contributed by atoms with Gasteiger partial charge in [-0.1, -0.05) is 11.6 Å². The first-order chi connectivity index (χ1) is 8.25. The molecule has 4 heteroatoms. The first kappa shape index (κ1) is 12.7. The lowest BCUT2D eigenvalue weighted by Crippen LogP contribution is -2.30. The fraction of sp³-hybridized carbons (Fsp3) is 0.538. The number of anilines is 1. The number of halogens is 2. The number of hydrogen-bond acceptors (Lipinski definition) is 2. The summed E-state index contributed by atoms with van der Waals surface area (Å²) in [5.41, 5.74) is 0.889. The minimum absolute atomic E-state index is 0.175. The zero-order valence-corrected chi connectivity index (χ0v) is 10.6. The van der Waals surface area contributed by atoms with Gasteiger partial charge in [-0.05, 0) is 56.5 Å². The van der Waals surface area contributed by atoms with Crippen LogP contribution in [-0.4, -0.2) is 19.6 Å². The second kappa shape index (κ2) is 6.22. The molecular weight excluding hydrogens is 239 g/mol. The van der Waals surface area contributed by atoms with Gasteiger partial charge in [0, 0.05) is 12.2 Å². The van der Waals surface area contributed by atoms with Crippen LogP contribution in [0.4, 0.5) is 10.1 Å². The molecule has 1 unspecified atom stereocenters. The molecule has 1 aromatic carbocycles. The number of piperidine rings is 1. The molecule has 0 aromatic heterocycles. The number of rotatable bonds is 4. The first-order valence-electron chi connectivity index (χ1n) is 6.15. The Kier molecular flexibility index (Phi) is 4.63. The maximum atomic E-state index is 12.9. The maximum Gasteiger partial charge on any atom is 0.141 e. The summed E-state index contributed by atoms with van der Waals surface area (Å²) in [6, 6.07) is 4.75. The zero-order chi connectivity index (χ0) is 12.1. The Morgan fingerprint density at radius 3 is 3.06 bits per heavy atom. The second-order valence-corrected chi connectivity index (χ2v) is 4.96. The number of benzene rings is 1. The summed E-state index contributed by atoms with van der Waals surface area (Å²) in [7, 11) is 0. The molecule has 1 aliphatic rings. The minimum Gasteiger partial charge on any atom is -0.385 e. The Hall–Kier alpha value is -0.800. The van der Waals surface area contributed by atoms with E-state index >= 15 is 0 Å². The molecule has 1 aliphatic heterocycles. The molecule has 2 rings (SSSR count). The number of nitrogens with one attached hydrogen (secondary N) is 2. The highest BCUT2D eigenvalue weighted by Crippen LogP contribution is 2.20. The average Bonchev–Trinajstić information content (AvgIpc) is 2.35. The topological polar surface area (TPSA) is 24.1 Å². The smallest absolute Gasteiger partial charge is 0.141 e. The van der Waals surface area contributed by atoms with Crippen LogP contribution in [-0.2, 0) is 0 Å². The van der Waals surface area contributed by atoms with Crippen LogP contribution in [0.15, 0.2) is 18.2 Å². The van der Waals surface area contributed by atoms with Crippen molar-refractivity contribution >= 4 is 17.3 Å². The summed E-state index contributed by atoms with van der Waals surface area (Å²) in [6.45, 7) is 3.18. The van der Waals surface area contributed by atoms with Gasteiger partial charge in [0.2, 0.25) is 0 Å². The second-order valence-electron chi connectivity index (χ2n) is 4.56. The molecule has 2 nitrogen and oxygen atoms in total. The average molecular weight is 257 g/mol. The van der Waals surface area contributed by atoms with Gasteiger partial charge >= 0.3 is 0 Å². The SMILES string of the molecule is Fc1ccc(NCCC2CCCNC2)cc1Cl. The van der Waals surface area contributed by atoms with Crippen LogP contribution in [0.25, 0.3) is 0 Å². The Bertz CT molecular complexity index is 364. The van der Waals surface area contributed by atoms with E-state index in [0.29, 0.717) is 0 Å². The van der Waals surface area contributed by atoms with Crippen LogP contribution in [0.5, 0.6) is 0 Å². The van der Waals surface area contributed by atoms with Crippen LogP contribution in [0, 0.1) is 11.7 Å². The van der Waals surface area contributed by atoms with Gasteiger partial charge in [-0.3, -0.25) is 0 Å². The van der Waals surface area contributed by atoms with Crippen LogP contribution < -0.4 is 10.6 Å². The van der Waals surface area contributed by atoms with Gasteiger partial charge in [0.25, 0.3) is 0 Å². The van der Waals surface area contributed by atoms with E-state index in [4.69, 9.17) is 11.6 Å². The summed E-state index contributed by atoms with van der Waals surface area (Å²) in [6.07, 6.45) is 3.72. The maximum absolute atomic E-state index is 12.9. The van der Waals surface area contributed by atoms with Crippen LogP contribution in [0.2, 0.25) is 5.02 Å². The molecule has 2 N–H and O–H groups in total. The fourth-order valence-electron chi connectivity index (χ4n) is 2.20. The van der Waals surface area contributed by atoms with E-state index in [9.17, 15) is 4.39 Å². The van der Waals surface area contributed by atoms with Gasteiger partial charge in [0.05, 0.1) is 5.02 Å². The highest BCUT2D eigenvalue weighted by Gasteiger charge is 2.12. The van der Waals surface area contributed by atoms with Crippen molar-refractivity contribution in [2.45, 2.75) is 19.3 Å². The lowest BCUT2D eigenvalue weighted by atomic mass is 9.96. The summed E-state index contributed by atoms with van der Waals surface area (Å²) >= 11 is 5.72. The third kappa shape index (κ3) is 3.86. The van der Waals surface area contributed by atoms with Crippen molar-refractivity contribution in [3.05, 3.63) is 29.0 Å². The van der Waals surface area contributed by atoms with Gasteiger partial charge in [0.15, 0.2) is 0 Å². The molecule has 94 valence electrons. The van der Waals surface area contributed by atoms with E-state index in [1.54, 1.807) is 12.1 Å². The fourth-order valence-corrected chi connectivity index (χ4v) is 2.38. The monoisotopic (exact) mass is 256 g/mol. The van der Waals surface area contributed by atoms with E-state index in [2.05, 4.69) is 10.6 Å². The van der Waals surface area contributed by atoms with E-state index in [0.717, 1.165) is 37.7 Å². The number of hydrogen-bond donors (Lipinski definition) is 2. The summed E-state index contributed by atoms with van der Waals surface area (Å²) < 4.78 is 12.9. The van der Waals surface area contributed by atoms with Crippen molar-refractivity contribution in [3.8, 4) is 0 Å². The minimum atomic E-state index is -0.367. The van der Waals surface area contributed by atoms with Gasteiger partial charge < -0.3 is 10.6 Å². The highest BCUT2D eigenvalue weighted by atomic mass is 35.5. The molecule has 1 saturated heterocycles. The van der Waals surface area contributed by atoms with Crippen LogP contribution in [0.1, 0.15) is 19.3 Å². The molecule has 0 radical (unpaired) electrons. The van der Waals surface area contributed by atoms with Gasteiger partial charge in [0.1, 0.15) is 5.82 Å². The first-order valence-corrected chi connectivity index (χ1v) is 6.53. The predicted molar refractivity (Wildman–Crippen MR) is 70.1 cm³/mol. The quantitative estimate of drug-likeness (QED) is 0.864. The molecule has 17 heavy (non-hydrogen) atoms. The summed E-state index contributed by atoms with van der Waals surface area (Å²) in [5, 5.41) is 6.86. The van der Waals surface area contributed by atoms with Crippen molar-refractivity contribution in [2.24, 2.45) is 5.92 Å². The standard InChI is InChI=1S/C13H18ClFN2/c14-12-8-11(3-4-13(12)15)17-7-5-10-2-1-6-16-9-10/h3-4,8,10,16-17H,1-2,5-7,9H2. The van der Waals surface area contributed by atoms with Crippen molar-refractivity contribution in [3.63, 3.8) is 0 Å². The molecule has 0 spiro atoms. The van der Waals surface area contributed by atoms with Crippen molar-refractivity contribution in [1.29, 1.82) is 0 Å². The van der Waals surface area contributed by atoms with Crippen LogP contribution in [0.3, 0.4) is 0 Å². The third-order valence-corrected chi connectivity index (χ3v) is 3.49. The molecule has 0 amide bonds. The highest BCUT2D eigenvalue weighted by molar-refractivity contribution is 6.31. The Morgan fingerprint density at radius 2 is 2.35 bits per heavy atom. The Balaban J connectivity index is 1.75. The van der Waals surface area contributed by atoms with Gasteiger partial charge in [-0.15, -0.1) is 0 Å². The van der Waals surface area contributed by atoms with E-state index in [-0.39, 0.29) is 10.8 Å². The lowest BCUT2D eigenvalue weighted by Gasteiger charge is -2.22. The van der Waals surface area contributed by atoms with E-state index in [1.807, 2.05) is 0 Å². The molecule has 0 bridgehead atoms. The molecule has 0 saturated carbocycles. The largest absolute Gasteiger partial charge is 0.385 e. The van der Waals surface area contributed by atoms with Gasteiger partial charge in [-0.25, -0.2) is 4.39 Å². The normalized spacial score (nSPS) is 20.2. The molecule has 1 aromatic rings. The molecule has 1 fully saturated rings. The third-order valence-electron chi connectivity index (χ3n) is 3.20. The van der Waals surface area contributed by atoms with Crippen LogP contribution >= 0.6 is 11.6 Å². The summed E-state index contributed by atoms with van der Waals surface area (Å²) in [5.74, 6) is 0.390.